The number of piperidine rings is 1. The number of rotatable bonds is 8. The van der Waals surface area contributed by atoms with Crippen molar-refractivity contribution in [3.63, 3.8) is 0 Å². The number of fused-ring (bicyclic) bond motifs is 1. The first-order valence-corrected chi connectivity index (χ1v) is 12.6. The Bertz CT molecular complexity index is 1320. The van der Waals surface area contributed by atoms with Crippen LogP contribution in [-0.2, 0) is 4.79 Å². The van der Waals surface area contributed by atoms with Gasteiger partial charge >= 0.3 is 5.97 Å². The third kappa shape index (κ3) is 6.51. The Morgan fingerprint density at radius 2 is 2.08 bits per heavy atom. The molecule has 1 aliphatic rings. The van der Waals surface area contributed by atoms with Crippen LogP contribution in [-0.4, -0.2) is 54.8 Å². The van der Waals surface area contributed by atoms with Gasteiger partial charge in [0.25, 0.3) is 0 Å². The van der Waals surface area contributed by atoms with Gasteiger partial charge in [-0.25, -0.2) is 4.39 Å². The molecule has 0 aliphatic carbocycles. The molecule has 8 heteroatoms. The maximum Gasteiger partial charge on any atom is 0.308 e. The van der Waals surface area contributed by atoms with Gasteiger partial charge in [-0.3, -0.25) is 14.7 Å². The number of pyridine rings is 1. The molecular weight excluding hydrogens is 495 g/mol. The van der Waals surface area contributed by atoms with Crippen LogP contribution in [0.3, 0.4) is 0 Å². The highest BCUT2D eigenvalue weighted by molar-refractivity contribution is 6.30. The van der Waals surface area contributed by atoms with E-state index in [4.69, 9.17) is 21.1 Å². The molecule has 2 aromatic carbocycles. The highest BCUT2D eigenvalue weighted by Gasteiger charge is 2.34. The van der Waals surface area contributed by atoms with Crippen molar-refractivity contribution in [2.45, 2.75) is 25.4 Å². The summed E-state index contributed by atoms with van der Waals surface area (Å²) in [6, 6.07) is 12.3. The third-order valence-corrected chi connectivity index (χ3v) is 7.19. The van der Waals surface area contributed by atoms with Gasteiger partial charge in [0.15, 0.2) is 0 Å². The van der Waals surface area contributed by atoms with Crippen molar-refractivity contribution < 1.29 is 23.8 Å². The molecule has 37 heavy (non-hydrogen) atoms. The zero-order valence-corrected chi connectivity index (χ0v) is 21.7. The summed E-state index contributed by atoms with van der Waals surface area (Å²) >= 11 is 6.07. The summed E-state index contributed by atoms with van der Waals surface area (Å²) in [6.07, 6.45) is 1.81. The van der Waals surface area contributed by atoms with Crippen molar-refractivity contribution in [3.8, 4) is 23.3 Å². The quantitative estimate of drug-likeness (QED) is 0.377. The molecule has 1 N–H and O–H groups in total. The molecule has 1 aromatic heterocycles. The predicted molar refractivity (Wildman–Crippen MR) is 142 cm³/mol. The minimum absolute atomic E-state index is 0.101. The maximum atomic E-state index is 15.4. The number of nitrogens with zero attached hydrogens (tertiary/aromatic N) is 2. The van der Waals surface area contributed by atoms with Gasteiger partial charge in [-0.1, -0.05) is 23.4 Å². The Balaban J connectivity index is 1.39. The number of hydrogen-bond donors (Lipinski definition) is 1. The minimum Gasteiger partial charge on any atom is -0.497 e. The van der Waals surface area contributed by atoms with Gasteiger partial charge in [0, 0.05) is 23.2 Å². The number of methoxy groups -OCH3 is 2. The van der Waals surface area contributed by atoms with Crippen LogP contribution in [0.15, 0.2) is 48.7 Å². The second-order valence-corrected chi connectivity index (χ2v) is 9.64. The second kappa shape index (κ2) is 12.3. The molecule has 4 rings (SSSR count). The molecule has 3 atom stereocenters. The van der Waals surface area contributed by atoms with Crippen LogP contribution in [0.1, 0.15) is 36.6 Å². The smallest absolute Gasteiger partial charge is 0.308 e. The summed E-state index contributed by atoms with van der Waals surface area (Å²) in [7, 11) is 3.15. The summed E-state index contributed by atoms with van der Waals surface area (Å²) in [5.74, 6) is 5.95. The van der Waals surface area contributed by atoms with E-state index in [1.54, 1.807) is 56.8 Å². The van der Waals surface area contributed by atoms with Crippen LogP contribution < -0.4 is 9.47 Å². The Labute approximate surface area is 221 Å². The van der Waals surface area contributed by atoms with E-state index in [1.165, 1.54) is 0 Å². The van der Waals surface area contributed by atoms with Gasteiger partial charge in [-0.2, -0.15) is 0 Å². The van der Waals surface area contributed by atoms with Gasteiger partial charge in [0.05, 0.1) is 37.8 Å². The van der Waals surface area contributed by atoms with Crippen molar-refractivity contribution in [1.29, 1.82) is 0 Å². The molecular formula is C29H30ClFN2O4. The summed E-state index contributed by atoms with van der Waals surface area (Å²) < 4.78 is 26.0. The number of carboxylic acids is 1. The lowest BCUT2D eigenvalue weighted by Gasteiger charge is -2.35. The summed E-state index contributed by atoms with van der Waals surface area (Å²) in [5.41, 5.74) is 1.95. The molecule has 0 amide bonds. The SMILES string of the molecule is COc1ccc2nccc([C@@H](F)CC[C@@H]3CCN(CC#Cc4cc(Cl)ccc4OC)C[C@@H]3C(=O)O)c2c1. The van der Waals surface area contributed by atoms with E-state index >= 15 is 4.39 Å². The largest absolute Gasteiger partial charge is 0.497 e. The van der Waals surface area contributed by atoms with Crippen molar-refractivity contribution in [2.24, 2.45) is 11.8 Å². The zero-order valence-electron chi connectivity index (χ0n) is 20.9. The molecule has 2 heterocycles. The van der Waals surface area contributed by atoms with Crippen molar-refractivity contribution in [1.82, 2.24) is 9.88 Å². The van der Waals surface area contributed by atoms with Gasteiger partial charge < -0.3 is 14.6 Å². The average molecular weight is 525 g/mol. The molecule has 0 spiro atoms. The number of hydrogen-bond acceptors (Lipinski definition) is 5. The highest BCUT2D eigenvalue weighted by atomic mass is 35.5. The number of alkyl halides is 1. The van der Waals surface area contributed by atoms with E-state index in [1.807, 2.05) is 11.0 Å². The zero-order chi connectivity index (χ0) is 26.4. The number of aromatic nitrogens is 1. The minimum atomic E-state index is -1.22. The number of carbonyl (C=O) groups is 1. The first-order chi connectivity index (χ1) is 17.9. The Morgan fingerprint density at radius 3 is 2.84 bits per heavy atom. The van der Waals surface area contributed by atoms with E-state index in [0.29, 0.717) is 71.0 Å². The molecule has 1 aliphatic heterocycles. The Kier molecular flexibility index (Phi) is 8.86. The molecule has 0 saturated carbocycles. The first kappa shape index (κ1) is 26.7. The number of carboxylic acid groups (broad SMARTS) is 1. The van der Waals surface area contributed by atoms with Crippen LogP contribution in [0, 0.1) is 23.7 Å². The Hall–Kier alpha value is -3.34. The topological polar surface area (TPSA) is 71.9 Å². The van der Waals surface area contributed by atoms with Crippen LogP contribution >= 0.6 is 11.6 Å². The molecule has 1 saturated heterocycles. The monoisotopic (exact) mass is 524 g/mol. The van der Waals surface area contributed by atoms with Crippen molar-refractivity contribution in [3.05, 3.63) is 64.8 Å². The molecule has 0 unspecified atom stereocenters. The van der Waals surface area contributed by atoms with Crippen molar-refractivity contribution >= 4 is 28.5 Å². The van der Waals surface area contributed by atoms with Gasteiger partial charge in [-0.15, -0.1) is 0 Å². The van der Waals surface area contributed by atoms with Crippen LogP contribution in [0.5, 0.6) is 11.5 Å². The number of likely N-dealkylation sites (tertiary alicyclic amines) is 1. The predicted octanol–water partition coefficient (Wildman–Crippen LogP) is 5.77. The molecule has 1 fully saturated rings. The lowest BCUT2D eigenvalue weighted by Crippen LogP contribution is -2.44. The Morgan fingerprint density at radius 1 is 1.24 bits per heavy atom. The molecule has 194 valence electrons. The highest BCUT2D eigenvalue weighted by Crippen LogP contribution is 2.35. The van der Waals surface area contributed by atoms with E-state index in [-0.39, 0.29) is 12.3 Å². The van der Waals surface area contributed by atoms with Crippen LogP contribution in [0.25, 0.3) is 10.9 Å². The van der Waals surface area contributed by atoms with Gasteiger partial charge in [-0.05, 0) is 79.8 Å². The second-order valence-electron chi connectivity index (χ2n) is 9.20. The lowest BCUT2D eigenvalue weighted by atomic mass is 9.81. The molecule has 0 radical (unpaired) electrons. The molecule has 0 bridgehead atoms. The van der Waals surface area contributed by atoms with E-state index in [2.05, 4.69) is 16.8 Å². The number of ether oxygens (including phenoxy) is 2. The van der Waals surface area contributed by atoms with Gasteiger partial charge in [0.1, 0.15) is 17.7 Å². The number of benzene rings is 2. The average Bonchev–Trinajstić information content (AvgIpc) is 2.91. The third-order valence-electron chi connectivity index (χ3n) is 6.96. The molecule has 6 nitrogen and oxygen atoms in total. The molecule has 3 aromatic rings. The fraction of sp³-hybridized carbons (Fsp3) is 0.379. The summed E-state index contributed by atoms with van der Waals surface area (Å²) in [4.78, 5) is 18.4. The lowest BCUT2D eigenvalue weighted by molar-refractivity contribution is -0.146. The van der Waals surface area contributed by atoms with Crippen LogP contribution in [0.4, 0.5) is 4.39 Å². The first-order valence-electron chi connectivity index (χ1n) is 12.2. The van der Waals surface area contributed by atoms with Crippen molar-refractivity contribution in [2.75, 3.05) is 33.9 Å². The normalized spacial score (nSPS) is 18.6. The maximum absolute atomic E-state index is 15.4. The van der Waals surface area contributed by atoms with E-state index in [0.717, 1.165) is 0 Å². The fourth-order valence-corrected chi connectivity index (χ4v) is 5.10. The number of halogens is 2. The standard InChI is InChI=1S/C29H30ClFN2O4/c1-36-22-7-9-27-24(17-22)23(11-13-32-27)26(31)8-5-19-12-15-33(18-25(19)29(34)35)14-3-4-20-16-21(30)6-10-28(20)37-2/h6-7,9-11,13,16-17,19,25-26H,5,8,12,14-15,18H2,1-2H3,(H,34,35)/t19-,25+,26+/m1/s1. The summed E-state index contributed by atoms with van der Waals surface area (Å²) in [6.45, 7) is 1.53. The van der Waals surface area contributed by atoms with Crippen LogP contribution in [0.2, 0.25) is 5.02 Å². The van der Waals surface area contributed by atoms with E-state index in [9.17, 15) is 9.90 Å². The fourth-order valence-electron chi connectivity index (χ4n) is 4.92. The number of aliphatic carboxylic acids is 1. The summed E-state index contributed by atoms with van der Waals surface area (Å²) in [5, 5.41) is 11.2. The van der Waals surface area contributed by atoms with E-state index < -0.39 is 18.1 Å². The van der Waals surface area contributed by atoms with Gasteiger partial charge in [0.2, 0.25) is 0 Å².